The highest BCUT2D eigenvalue weighted by Crippen LogP contribution is 2.03. The Hall–Kier alpha value is -1.76. The molecule has 0 atom stereocenters. The van der Waals surface area contributed by atoms with Crippen molar-refractivity contribution in [3.05, 3.63) is 23.9 Å². The first-order valence-corrected chi connectivity index (χ1v) is 5.42. The van der Waals surface area contributed by atoms with Gasteiger partial charge in [0, 0.05) is 13.6 Å². The summed E-state index contributed by atoms with van der Waals surface area (Å²) < 4.78 is 28.1. The lowest BCUT2D eigenvalue weighted by atomic mass is 10.3. The van der Waals surface area contributed by atoms with Crippen LogP contribution >= 0.6 is 0 Å². The van der Waals surface area contributed by atoms with Crippen molar-refractivity contribution in [1.82, 2.24) is 10.3 Å². The molecule has 5 nitrogen and oxygen atoms in total. The molecule has 0 saturated carbocycles. The molecule has 2 N–H and O–H groups in total. The van der Waals surface area contributed by atoms with Gasteiger partial charge < -0.3 is 15.4 Å². The van der Waals surface area contributed by atoms with Gasteiger partial charge in [0.05, 0.1) is 6.61 Å². The monoisotopic (exact) mass is 259 g/mol. The molecule has 1 aromatic rings. The summed E-state index contributed by atoms with van der Waals surface area (Å²) in [5, 5.41) is 5.34. The lowest BCUT2D eigenvalue weighted by molar-refractivity contribution is 0.0188. The van der Waals surface area contributed by atoms with Crippen molar-refractivity contribution in [1.29, 1.82) is 0 Å². The van der Waals surface area contributed by atoms with Gasteiger partial charge in [-0.3, -0.25) is 4.79 Å². The molecule has 1 amide bonds. The van der Waals surface area contributed by atoms with Crippen molar-refractivity contribution in [2.75, 3.05) is 32.1 Å². The molecule has 0 saturated heterocycles. The van der Waals surface area contributed by atoms with Gasteiger partial charge in [-0.05, 0) is 12.1 Å². The first-order valence-electron chi connectivity index (χ1n) is 5.42. The Bertz CT molecular complexity index is 388. The summed E-state index contributed by atoms with van der Waals surface area (Å²) in [5.41, 5.74) is 0.260. The highest BCUT2D eigenvalue weighted by Gasteiger charge is 2.07. The first kappa shape index (κ1) is 14.3. The molecule has 100 valence electrons. The molecule has 1 heterocycles. The quantitative estimate of drug-likeness (QED) is 0.721. The molecule has 0 unspecified atom stereocenters. The highest BCUT2D eigenvalue weighted by atomic mass is 19.3. The molecule has 1 aromatic heterocycles. The Kier molecular flexibility index (Phi) is 5.99. The highest BCUT2D eigenvalue weighted by molar-refractivity contribution is 5.92. The number of carbonyl (C=O) groups is 1. The van der Waals surface area contributed by atoms with Crippen LogP contribution in [0.25, 0.3) is 0 Å². The lowest BCUT2D eigenvalue weighted by Gasteiger charge is -2.06. The van der Waals surface area contributed by atoms with Crippen LogP contribution in [-0.4, -0.2) is 44.1 Å². The molecule has 1 rings (SSSR count). The zero-order chi connectivity index (χ0) is 13.4. The predicted octanol–water partition coefficient (Wildman–Crippen LogP) is 1.13. The van der Waals surface area contributed by atoms with Crippen LogP contribution in [0.3, 0.4) is 0 Å². The van der Waals surface area contributed by atoms with Gasteiger partial charge in [-0.1, -0.05) is 6.07 Å². The Labute approximate surface area is 104 Å². The number of nitrogens with zero attached hydrogens (tertiary/aromatic N) is 1. The minimum atomic E-state index is -2.49. The Morgan fingerprint density at radius 2 is 2.28 bits per heavy atom. The molecular weight excluding hydrogens is 244 g/mol. The molecule has 0 aliphatic heterocycles. The smallest absolute Gasteiger partial charge is 0.270 e. The number of ether oxygens (including phenoxy) is 1. The van der Waals surface area contributed by atoms with Gasteiger partial charge in [-0.25, -0.2) is 13.8 Å². The number of hydrogen-bond donors (Lipinski definition) is 2. The van der Waals surface area contributed by atoms with Gasteiger partial charge in [0.25, 0.3) is 12.3 Å². The van der Waals surface area contributed by atoms with E-state index in [4.69, 9.17) is 0 Å². The van der Waals surface area contributed by atoms with Gasteiger partial charge in [-0.2, -0.15) is 0 Å². The summed E-state index contributed by atoms with van der Waals surface area (Å²) in [4.78, 5) is 15.6. The number of carbonyl (C=O) groups excluding carboxylic acids is 1. The van der Waals surface area contributed by atoms with Crippen LogP contribution in [0, 0.1) is 0 Å². The average Bonchev–Trinajstić information content (AvgIpc) is 2.37. The number of nitrogens with one attached hydrogen (secondary N) is 2. The third kappa shape index (κ3) is 5.05. The molecule has 0 bridgehead atoms. The van der Waals surface area contributed by atoms with Crippen LogP contribution in [0.15, 0.2) is 18.2 Å². The summed E-state index contributed by atoms with van der Waals surface area (Å²) in [6.45, 7) is -0.415. The summed E-state index contributed by atoms with van der Waals surface area (Å²) in [6, 6.07) is 4.99. The van der Waals surface area contributed by atoms with E-state index in [0.29, 0.717) is 5.82 Å². The molecule has 0 radical (unpaired) electrons. The Balaban J connectivity index is 2.31. The summed E-state index contributed by atoms with van der Waals surface area (Å²) >= 11 is 0. The van der Waals surface area contributed by atoms with Gasteiger partial charge in [0.2, 0.25) is 0 Å². The standard InChI is InChI=1S/C11H15F2N3O2/c1-14-10-4-2-3-8(16-10)11(17)15-5-6-18-7-9(12)13/h2-4,9H,5-7H2,1H3,(H,14,16)(H,15,17). The summed E-state index contributed by atoms with van der Waals surface area (Å²) in [5.74, 6) is 0.212. The van der Waals surface area contributed by atoms with Crippen LogP contribution in [0.4, 0.5) is 14.6 Å². The second-order valence-electron chi connectivity index (χ2n) is 3.38. The van der Waals surface area contributed by atoms with Crippen molar-refractivity contribution < 1.29 is 18.3 Å². The Morgan fingerprint density at radius 1 is 1.50 bits per heavy atom. The predicted molar refractivity (Wildman–Crippen MR) is 62.9 cm³/mol. The fraction of sp³-hybridized carbons (Fsp3) is 0.455. The van der Waals surface area contributed by atoms with Crippen LogP contribution in [0.2, 0.25) is 0 Å². The average molecular weight is 259 g/mol. The van der Waals surface area contributed by atoms with E-state index in [0.717, 1.165) is 0 Å². The maximum atomic E-state index is 11.7. The van der Waals surface area contributed by atoms with E-state index in [1.165, 1.54) is 0 Å². The third-order valence-corrected chi connectivity index (χ3v) is 2.01. The Morgan fingerprint density at radius 3 is 2.94 bits per heavy atom. The molecule has 0 fully saturated rings. The van der Waals surface area contributed by atoms with Crippen LogP contribution in [-0.2, 0) is 4.74 Å². The number of rotatable bonds is 7. The maximum absolute atomic E-state index is 11.7. The second kappa shape index (κ2) is 7.54. The zero-order valence-electron chi connectivity index (χ0n) is 9.95. The van der Waals surface area contributed by atoms with Crippen molar-refractivity contribution >= 4 is 11.7 Å². The lowest BCUT2D eigenvalue weighted by Crippen LogP contribution is -2.28. The normalized spacial score (nSPS) is 10.4. The van der Waals surface area contributed by atoms with Crippen LogP contribution < -0.4 is 10.6 Å². The maximum Gasteiger partial charge on any atom is 0.270 e. The molecule has 0 aliphatic carbocycles. The van der Waals surface area contributed by atoms with E-state index < -0.39 is 13.0 Å². The number of alkyl halides is 2. The number of anilines is 1. The fourth-order valence-corrected chi connectivity index (χ4v) is 1.20. The number of aromatic nitrogens is 1. The van der Waals surface area contributed by atoms with Crippen LogP contribution in [0.5, 0.6) is 0 Å². The first-order chi connectivity index (χ1) is 8.63. The number of amides is 1. The number of halogens is 2. The van der Waals surface area contributed by atoms with E-state index in [-0.39, 0.29) is 24.8 Å². The van der Waals surface area contributed by atoms with Gasteiger partial charge in [-0.15, -0.1) is 0 Å². The van der Waals surface area contributed by atoms with E-state index in [1.807, 2.05) is 0 Å². The van der Waals surface area contributed by atoms with Crippen molar-refractivity contribution in [3.8, 4) is 0 Å². The van der Waals surface area contributed by atoms with Gasteiger partial charge in [0.1, 0.15) is 18.1 Å². The van der Waals surface area contributed by atoms with Gasteiger partial charge in [0.15, 0.2) is 0 Å². The van der Waals surface area contributed by atoms with E-state index >= 15 is 0 Å². The molecule has 18 heavy (non-hydrogen) atoms. The zero-order valence-corrected chi connectivity index (χ0v) is 9.95. The number of hydrogen-bond acceptors (Lipinski definition) is 4. The van der Waals surface area contributed by atoms with Crippen molar-refractivity contribution in [2.24, 2.45) is 0 Å². The van der Waals surface area contributed by atoms with Gasteiger partial charge >= 0.3 is 0 Å². The van der Waals surface area contributed by atoms with Crippen molar-refractivity contribution in [3.63, 3.8) is 0 Å². The minimum absolute atomic E-state index is 0.0435. The fourth-order valence-electron chi connectivity index (χ4n) is 1.20. The SMILES string of the molecule is CNc1cccc(C(=O)NCCOCC(F)F)n1. The molecule has 0 spiro atoms. The van der Waals surface area contributed by atoms with Crippen molar-refractivity contribution in [2.45, 2.75) is 6.43 Å². The van der Waals surface area contributed by atoms with Crippen LogP contribution in [0.1, 0.15) is 10.5 Å². The largest absolute Gasteiger partial charge is 0.374 e. The molecule has 7 heteroatoms. The minimum Gasteiger partial charge on any atom is -0.374 e. The summed E-state index contributed by atoms with van der Waals surface area (Å²) in [7, 11) is 1.70. The van der Waals surface area contributed by atoms with E-state index in [2.05, 4.69) is 20.4 Å². The molecular formula is C11H15F2N3O2. The molecule has 0 aromatic carbocycles. The number of pyridine rings is 1. The second-order valence-corrected chi connectivity index (χ2v) is 3.38. The third-order valence-electron chi connectivity index (χ3n) is 2.01. The topological polar surface area (TPSA) is 63.2 Å². The molecule has 0 aliphatic rings. The van der Waals surface area contributed by atoms with E-state index in [9.17, 15) is 13.6 Å². The van der Waals surface area contributed by atoms with E-state index in [1.54, 1.807) is 25.2 Å². The summed E-state index contributed by atoms with van der Waals surface area (Å²) in [6.07, 6.45) is -2.49.